The highest BCUT2D eigenvalue weighted by Gasteiger charge is 2.75. The van der Waals surface area contributed by atoms with Gasteiger partial charge in [0.2, 0.25) is 11.8 Å². The number of unbranched alkanes of at least 4 members (excludes halogenated alkanes) is 3. The zero-order valence-corrected chi connectivity index (χ0v) is 20.6. The first kappa shape index (κ1) is 24.9. The molecule has 1 spiro atoms. The van der Waals surface area contributed by atoms with E-state index in [2.05, 4.69) is 0 Å². The first-order chi connectivity index (χ1) is 16.3. The smallest absolute Gasteiger partial charge is 0.313 e. The summed E-state index contributed by atoms with van der Waals surface area (Å²) in [5.41, 5.74) is -2.20. The highest BCUT2D eigenvalue weighted by atomic mass is 16.6. The van der Waals surface area contributed by atoms with E-state index in [4.69, 9.17) is 14.6 Å². The Kier molecular flexibility index (Phi) is 7.20. The normalized spacial score (nSPS) is 35.1. The Hall–Kier alpha value is -2.19. The minimum Gasteiger partial charge on any atom is -0.465 e. The SMILES string of the molecule is CC[C@@]12C=CCCOC(=O)[C@@H]1[C@H]1C(=O)N(CCCCCCO)C3C(=O)N(C(C)C)CC=C[C@@]31O2. The summed E-state index contributed by atoms with van der Waals surface area (Å²) in [5, 5.41) is 9.07. The van der Waals surface area contributed by atoms with E-state index in [9.17, 15) is 14.4 Å². The maximum atomic E-state index is 14.0. The lowest BCUT2D eigenvalue weighted by atomic mass is 9.73. The number of aliphatic hydroxyl groups is 1. The van der Waals surface area contributed by atoms with Gasteiger partial charge in [-0.05, 0) is 39.5 Å². The van der Waals surface area contributed by atoms with Crippen LogP contribution in [0.25, 0.3) is 0 Å². The molecular weight excluding hydrogens is 436 g/mol. The van der Waals surface area contributed by atoms with Crippen LogP contribution in [-0.4, -0.2) is 82.3 Å². The summed E-state index contributed by atoms with van der Waals surface area (Å²) in [6.45, 7) is 7.15. The summed E-state index contributed by atoms with van der Waals surface area (Å²) in [5.74, 6) is -2.37. The molecule has 2 amide bonds. The van der Waals surface area contributed by atoms with E-state index in [0.29, 0.717) is 25.9 Å². The zero-order chi connectivity index (χ0) is 24.5. The number of amides is 2. The van der Waals surface area contributed by atoms with E-state index in [0.717, 1.165) is 25.7 Å². The van der Waals surface area contributed by atoms with Crippen molar-refractivity contribution >= 4 is 17.8 Å². The molecule has 0 bridgehead atoms. The van der Waals surface area contributed by atoms with Crippen LogP contribution in [0.5, 0.6) is 0 Å². The predicted molar refractivity (Wildman–Crippen MR) is 126 cm³/mol. The number of rotatable bonds is 8. The monoisotopic (exact) mass is 474 g/mol. The van der Waals surface area contributed by atoms with Gasteiger partial charge in [-0.15, -0.1) is 0 Å². The summed E-state index contributed by atoms with van der Waals surface area (Å²) in [4.78, 5) is 44.7. The Labute approximate surface area is 201 Å². The van der Waals surface area contributed by atoms with Crippen LogP contribution in [0.4, 0.5) is 0 Å². The number of carbonyl (C=O) groups excluding carboxylic acids is 3. The minimum atomic E-state index is -1.21. The molecule has 0 radical (unpaired) electrons. The number of nitrogens with zero attached hydrogens (tertiary/aromatic N) is 2. The highest BCUT2D eigenvalue weighted by Crippen LogP contribution is 2.58. The van der Waals surface area contributed by atoms with Crippen molar-refractivity contribution < 1.29 is 29.0 Å². The molecule has 5 atom stereocenters. The molecule has 0 aromatic carbocycles. The molecule has 4 rings (SSSR count). The third kappa shape index (κ3) is 3.88. The van der Waals surface area contributed by atoms with Gasteiger partial charge in [0, 0.05) is 25.7 Å². The molecule has 4 aliphatic rings. The lowest BCUT2D eigenvalue weighted by Crippen LogP contribution is -2.57. The lowest BCUT2D eigenvalue weighted by molar-refractivity contribution is -0.162. The molecule has 4 heterocycles. The third-order valence-electron chi connectivity index (χ3n) is 7.86. The van der Waals surface area contributed by atoms with Crippen molar-refractivity contribution in [3.63, 3.8) is 0 Å². The van der Waals surface area contributed by atoms with E-state index < -0.39 is 35.0 Å². The highest BCUT2D eigenvalue weighted by molar-refractivity contribution is 5.99. The van der Waals surface area contributed by atoms with Gasteiger partial charge < -0.3 is 24.4 Å². The molecule has 0 saturated carbocycles. The van der Waals surface area contributed by atoms with Crippen molar-refractivity contribution in [3.8, 4) is 0 Å². The van der Waals surface area contributed by atoms with Crippen LogP contribution >= 0.6 is 0 Å². The molecular formula is C26H38N2O6. The van der Waals surface area contributed by atoms with E-state index in [-0.39, 0.29) is 31.1 Å². The van der Waals surface area contributed by atoms with Crippen molar-refractivity contribution in [2.24, 2.45) is 11.8 Å². The first-order valence-corrected chi connectivity index (χ1v) is 12.8. The second-order valence-corrected chi connectivity index (χ2v) is 10.1. The number of cyclic esters (lactones) is 1. The fraction of sp³-hybridized carbons (Fsp3) is 0.731. The van der Waals surface area contributed by atoms with Gasteiger partial charge in [0.15, 0.2) is 0 Å². The molecule has 4 aliphatic heterocycles. The van der Waals surface area contributed by atoms with Gasteiger partial charge in [0.25, 0.3) is 0 Å². The number of carbonyl (C=O) groups is 3. The summed E-state index contributed by atoms with van der Waals surface area (Å²) < 4.78 is 12.4. The zero-order valence-electron chi connectivity index (χ0n) is 20.6. The molecule has 2 fully saturated rings. The van der Waals surface area contributed by atoms with Crippen molar-refractivity contribution in [1.82, 2.24) is 9.80 Å². The average Bonchev–Trinajstić information content (AvgIpc) is 3.14. The number of aliphatic hydroxyl groups excluding tert-OH is 1. The van der Waals surface area contributed by atoms with Gasteiger partial charge in [-0.2, -0.15) is 0 Å². The molecule has 0 aromatic heterocycles. The fourth-order valence-electron chi connectivity index (χ4n) is 6.20. The van der Waals surface area contributed by atoms with Crippen LogP contribution in [0.1, 0.15) is 59.3 Å². The van der Waals surface area contributed by atoms with Crippen LogP contribution in [0, 0.1) is 11.8 Å². The molecule has 1 N–H and O–H groups in total. The van der Waals surface area contributed by atoms with Gasteiger partial charge >= 0.3 is 5.97 Å². The van der Waals surface area contributed by atoms with Gasteiger partial charge in [-0.3, -0.25) is 14.4 Å². The van der Waals surface area contributed by atoms with Crippen molar-refractivity contribution in [2.45, 2.75) is 82.6 Å². The number of ether oxygens (including phenoxy) is 2. The first-order valence-electron chi connectivity index (χ1n) is 12.8. The Morgan fingerprint density at radius 3 is 2.53 bits per heavy atom. The summed E-state index contributed by atoms with van der Waals surface area (Å²) in [6, 6.07) is -0.852. The third-order valence-corrected chi connectivity index (χ3v) is 7.86. The average molecular weight is 475 g/mol. The standard InChI is InChI=1S/C26H38N2O6/c1-4-25-12-7-10-17-33-24(32)20(25)19-22(30)28(14-8-5-6-9-16-29)21-23(31)27(18(2)3)15-11-13-26(19,21)34-25/h7,11-13,18-21,29H,4-6,8-10,14-17H2,1-3H3/t19-,20-,21?,25+,26-/m0/s1. The van der Waals surface area contributed by atoms with Crippen molar-refractivity contribution in [1.29, 1.82) is 0 Å². The Bertz CT molecular complexity index is 869. The largest absolute Gasteiger partial charge is 0.465 e. The van der Waals surface area contributed by atoms with Gasteiger partial charge in [-0.25, -0.2) is 0 Å². The summed E-state index contributed by atoms with van der Waals surface area (Å²) in [7, 11) is 0. The van der Waals surface area contributed by atoms with E-state index in [1.807, 2.05) is 45.1 Å². The lowest BCUT2D eigenvalue weighted by Gasteiger charge is -2.39. The van der Waals surface area contributed by atoms with Crippen molar-refractivity contribution in [3.05, 3.63) is 24.3 Å². The van der Waals surface area contributed by atoms with Crippen molar-refractivity contribution in [2.75, 3.05) is 26.3 Å². The number of hydrogen-bond acceptors (Lipinski definition) is 6. The van der Waals surface area contributed by atoms with E-state index >= 15 is 0 Å². The second-order valence-electron chi connectivity index (χ2n) is 10.1. The fourth-order valence-corrected chi connectivity index (χ4v) is 6.20. The molecule has 2 saturated heterocycles. The van der Waals surface area contributed by atoms with Gasteiger partial charge in [-0.1, -0.05) is 44.1 Å². The molecule has 8 nitrogen and oxygen atoms in total. The van der Waals surface area contributed by atoms with Gasteiger partial charge in [0.1, 0.15) is 23.2 Å². The maximum absolute atomic E-state index is 14.0. The minimum absolute atomic E-state index is 0.0343. The van der Waals surface area contributed by atoms with Crippen LogP contribution < -0.4 is 0 Å². The second kappa shape index (κ2) is 9.82. The Morgan fingerprint density at radius 1 is 1.06 bits per heavy atom. The van der Waals surface area contributed by atoms with Crippen LogP contribution in [-0.2, 0) is 23.9 Å². The summed E-state index contributed by atoms with van der Waals surface area (Å²) >= 11 is 0. The molecule has 188 valence electrons. The van der Waals surface area contributed by atoms with Gasteiger partial charge in [0.05, 0.1) is 12.5 Å². The van der Waals surface area contributed by atoms with E-state index in [1.54, 1.807) is 9.80 Å². The van der Waals surface area contributed by atoms with Crippen LogP contribution in [0.2, 0.25) is 0 Å². The molecule has 0 aromatic rings. The number of esters is 1. The topological polar surface area (TPSA) is 96.4 Å². The number of likely N-dealkylation sites (tertiary alicyclic amines) is 1. The molecule has 8 heteroatoms. The number of fused-ring (bicyclic) bond motifs is 2. The molecule has 1 unspecified atom stereocenters. The summed E-state index contributed by atoms with van der Waals surface area (Å²) in [6.07, 6.45) is 11.9. The molecule has 34 heavy (non-hydrogen) atoms. The predicted octanol–water partition coefficient (Wildman–Crippen LogP) is 2.21. The molecule has 0 aliphatic carbocycles. The number of hydrogen-bond donors (Lipinski definition) is 1. The Balaban J connectivity index is 1.78. The van der Waals surface area contributed by atoms with E-state index in [1.165, 1.54) is 0 Å². The maximum Gasteiger partial charge on any atom is 0.313 e. The van der Waals surface area contributed by atoms with Crippen LogP contribution in [0.15, 0.2) is 24.3 Å². The quantitative estimate of drug-likeness (QED) is 0.329. The van der Waals surface area contributed by atoms with Crippen LogP contribution in [0.3, 0.4) is 0 Å². The Morgan fingerprint density at radius 2 is 1.82 bits per heavy atom.